The van der Waals surface area contributed by atoms with Crippen molar-refractivity contribution in [1.29, 1.82) is 0 Å². The Morgan fingerprint density at radius 2 is 1.95 bits per heavy atom. The highest BCUT2D eigenvalue weighted by molar-refractivity contribution is 5.91. The third-order valence-electron chi connectivity index (χ3n) is 3.58. The van der Waals surface area contributed by atoms with Crippen molar-refractivity contribution in [1.82, 2.24) is 4.90 Å². The third-order valence-corrected chi connectivity index (χ3v) is 3.58. The molecule has 1 aliphatic heterocycles. The van der Waals surface area contributed by atoms with E-state index in [-0.39, 0.29) is 10.5 Å². The number of nitro groups is 1. The van der Waals surface area contributed by atoms with Gasteiger partial charge in [0.05, 0.1) is 18.2 Å². The van der Waals surface area contributed by atoms with E-state index in [2.05, 4.69) is 0 Å². The van der Waals surface area contributed by atoms with Crippen molar-refractivity contribution in [2.24, 2.45) is 0 Å². The molecule has 1 aromatic rings. The number of benzene rings is 1. The van der Waals surface area contributed by atoms with Crippen LogP contribution in [0.1, 0.15) is 41.3 Å². The summed E-state index contributed by atoms with van der Waals surface area (Å²) in [6.45, 7) is 1.36. The van der Waals surface area contributed by atoms with Crippen molar-refractivity contribution >= 4 is 5.97 Å². The topological polar surface area (TPSA) is 72.7 Å². The standard InChI is InChI=1S/C14H18N2O4/c1-20-14(17)12-8-4-3-7-11(12)13(16(18)19)15-9-5-2-6-10-15/h3-4,7-8,13H,2,5-6,9-10H2,1H3. The summed E-state index contributed by atoms with van der Waals surface area (Å²) in [6, 6.07) is 6.60. The van der Waals surface area contributed by atoms with Crippen LogP contribution in [-0.4, -0.2) is 36.0 Å². The maximum Gasteiger partial charge on any atom is 0.338 e. The highest BCUT2D eigenvalue weighted by Crippen LogP contribution is 2.28. The molecule has 0 saturated carbocycles. The van der Waals surface area contributed by atoms with Gasteiger partial charge in [0.15, 0.2) is 0 Å². The molecule has 1 fully saturated rings. The first-order chi connectivity index (χ1) is 9.65. The summed E-state index contributed by atoms with van der Waals surface area (Å²) in [5.74, 6) is -0.538. The van der Waals surface area contributed by atoms with Gasteiger partial charge in [0.1, 0.15) is 0 Å². The number of piperidine rings is 1. The van der Waals surface area contributed by atoms with Crippen LogP contribution < -0.4 is 0 Å². The monoisotopic (exact) mass is 278 g/mol. The molecule has 0 aliphatic carbocycles. The molecule has 0 N–H and O–H groups in total. The second-order valence-electron chi connectivity index (χ2n) is 4.83. The van der Waals surface area contributed by atoms with Crippen LogP contribution in [0.5, 0.6) is 0 Å². The largest absolute Gasteiger partial charge is 0.465 e. The van der Waals surface area contributed by atoms with Gasteiger partial charge in [-0.3, -0.25) is 10.1 Å². The van der Waals surface area contributed by atoms with E-state index in [1.165, 1.54) is 7.11 Å². The molecule has 0 spiro atoms. The summed E-state index contributed by atoms with van der Waals surface area (Å²) in [7, 11) is 1.28. The van der Waals surface area contributed by atoms with Crippen LogP contribution in [0.2, 0.25) is 0 Å². The van der Waals surface area contributed by atoms with Gasteiger partial charge in [0.25, 0.3) is 6.17 Å². The smallest absolute Gasteiger partial charge is 0.338 e. The van der Waals surface area contributed by atoms with Gasteiger partial charge < -0.3 is 4.74 Å². The zero-order valence-electron chi connectivity index (χ0n) is 11.4. The van der Waals surface area contributed by atoms with Crippen LogP contribution in [-0.2, 0) is 4.74 Å². The normalized spacial score (nSPS) is 17.4. The maximum atomic E-state index is 11.8. The quantitative estimate of drug-likeness (QED) is 0.480. The molecule has 1 saturated heterocycles. The first-order valence-corrected chi connectivity index (χ1v) is 6.70. The fourth-order valence-corrected chi connectivity index (χ4v) is 2.62. The minimum Gasteiger partial charge on any atom is -0.465 e. The zero-order valence-corrected chi connectivity index (χ0v) is 11.4. The van der Waals surface area contributed by atoms with Gasteiger partial charge in [0, 0.05) is 18.0 Å². The summed E-state index contributed by atoms with van der Waals surface area (Å²) in [5.41, 5.74) is 0.675. The van der Waals surface area contributed by atoms with Crippen molar-refractivity contribution < 1.29 is 14.5 Å². The van der Waals surface area contributed by atoms with Gasteiger partial charge in [-0.15, -0.1) is 0 Å². The maximum absolute atomic E-state index is 11.8. The van der Waals surface area contributed by atoms with Crippen LogP contribution in [0.3, 0.4) is 0 Å². The van der Waals surface area contributed by atoms with Crippen LogP contribution in [0.15, 0.2) is 24.3 Å². The molecule has 20 heavy (non-hydrogen) atoms. The Labute approximate surface area is 117 Å². The van der Waals surface area contributed by atoms with Crippen LogP contribution in [0.25, 0.3) is 0 Å². The fraction of sp³-hybridized carbons (Fsp3) is 0.500. The lowest BCUT2D eigenvalue weighted by molar-refractivity contribution is -0.558. The summed E-state index contributed by atoms with van der Waals surface area (Å²) in [4.78, 5) is 24.8. The number of nitrogens with zero attached hydrogens (tertiary/aromatic N) is 2. The van der Waals surface area contributed by atoms with Crippen molar-refractivity contribution in [3.63, 3.8) is 0 Å². The van der Waals surface area contributed by atoms with E-state index in [9.17, 15) is 14.9 Å². The van der Waals surface area contributed by atoms with Crippen LogP contribution in [0, 0.1) is 10.1 Å². The van der Waals surface area contributed by atoms with E-state index >= 15 is 0 Å². The number of carbonyl (C=O) groups excluding carboxylic acids is 1. The van der Waals surface area contributed by atoms with Crippen molar-refractivity contribution in [2.45, 2.75) is 25.4 Å². The number of rotatable bonds is 4. The molecule has 0 aromatic heterocycles. The van der Waals surface area contributed by atoms with E-state index in [4.69, 9.17) is 4.74 Å². The summed E-state index contributed by atoms with van der Waals surface area (Å²) < 4.78 is 4.71. The van der Waals surface area contributed by atoms with Gasteiger partial charge in [0.2, 0.25) is 0 Å². The number of likely N-dealkylation sites (tertiary alicyclic amines) is 1. The SMILES string of the molecule is COC(=O)c1ccccc1C(N1CCCCC1)[N+](=O)[O-]. The number of ether oxygens (including phenoxy) is 1. The molecule has 1 aliphatic rings. The minimum atomic E-state index is -0.981. The van der Waals surface area contributed by atoms with Gasteiger partial charge in [-0.2, -0.15) is 0 Å². The molecule has 0 bridgehead atoms. The summed E-state index contributed by atoms with van der Waals surface area (Å²) in [5, 5.41) is 11.5. The highest BCUT2D eigenvalue weighted by Gasteiger charge is 2.34. The molecular weight excluding hydrogens is 260 g/mol. The predicted octanol–water partition coefficient (Wildman–Crippen LogP) is 2.23. The van der Waals surface area contributed by atoms with Crippen molar-refractivity contribution in [3.05, 3.63) is 45.5 Å². The summed E-state index contributed by atoms with van der Waals surface area (Å²) >= 11 is 0. The lowest BCUT2D eigenvalue weighted by Gasteiger charge is -2.29. The average molecular weight is 278 g/mol. The molecule has 1 aromatic carbocycles. The number of esters is 1. The number of hydrogen-bond acceptors (Lipinski definition) is 5. The van der Waals surface area contributed by atoms with Crippen LogP contribution >= 0.6 is 0 Å². The molecule has 1 heterocycles. The Morgan fingerprint density at radius 1 is 1.30 bits per heavy atom. The zero-order chi connectivity index (χ0) is 14.5. The Morgan fingerprint density at radius 3 is 2.55 bits per heavy atom. The third kappa shape index (κ3) is 2.96. The van der Waals surface area contributed by atoms with E-state index < -0.39 is 12.1 Å². The molecule has 108 valence electrons. The van der Waals surface area contributed by atoms with Gasteiger partial charge in [-0.25, -0.2) is 9.69 Å². The molecule has 1 unspecified atom stereocenters. The van der Waals surface area contributed by atoms with Gasteiger partial charge >= 0.3 is 5.97 Å². The Hall–Kier alpha value is -1.95. The lowest BCUT2D eigenvalue weighted by atomic mass is 10.0. The molecular formula is C14H18N2O4. The minimum absolute atomic E-state index is 0.266. The Balaban J connectivity index is 2.38. The molecule has 6 nitrogen and oxygen atoms in total. The van der Waals surface area contributed by atoms with Crippen molar-refractivity contribution in [2.75, 3.05) is 20.2 Å². The summed E-state index contributed by atoms with van der Waals surface area (Å²) in [6.07, 6.45) is 2.01. The fourth-order valence-electron chi connectivity index (χ4n) is 2.62. The molecule has 0 radical (unpaired) electrons. The van der Waals surface area contributed by atoms with E-state index in [0.717, 1.165) is 19.3 Å². The van der Waals surface area contributed by atoms with E-state index in [1.54, 1.807) is 24.3 Å². The molecule has 1 atom stereocenters. The Bertz CT molecular complexity index is 498. The second-order valence-corrected chi connectivity index (χ2v) is 4.83. The molecule has 0 amide bonds. The van der Waals surface area contributed by atoms with E-state index in [1.807, 2.05) is 4.90 Å². The predicted molar refractivity (Wildman–Crippen MR) is 72.9 cm³/mol. The number of methoxy groups -OCH3 is 1. The van der Waals surface area contributed by atoms with Gasteiger partial charge in [-0.05, 0) is 25.0 Å². The highest BCUT2D eigenvalue weighted by atomic mass is 16.6. The first kappa shape index (κ1) is 14.5. The van der Waals surface area contributed by atoms with Gasteiger partial charge in [-0.1, -0.05) is 18.6 Å². The Kier molecular flexibility index (Phi) is 4.68. The van der Waals surface area contributed by atoms with Crippen LogP contribution in [0.4, 0.5) is 0 Å². The van der Waals surface area contributed by atoms with Crippen molar-refractivity contribution in [3.8, 4) is 0 Å². The molecule has 2 rings (SSSR count). The number of carbonyl (C=O) groups is 1. The van der Waals surface area contributed by atoms with E-state index in [0.29, 0.717) is 18.7 Å². The lowest BCUT2D eigenvalue weighted by Crippen LogP contribution is -2.38. The average Bonchev–Trinajstić information content (AvgIpc) is 2.48. The molecule has 6 heteroatoms. The number of hydrogen-bond donors (Lipinski definition) is 0. The first-order valence-electron chi connectivity index (χ1n) is 6.70. The second kappa shape index (κ2) is 6.47.